The van der Waals surface area contributed by atoms with Crippen molar-refractivity contribution >= 4 is 60.5 Å². The van der Waals surface area contributed by atoms with Crippen molar-refractivity contribution in [3.8, 4) is 0 Å². The molecular formula is C22H22ClFN4O4S2. The van der Waals surface area contributed by atoms with Gasteiger partial charge in [-0.2, -0.15) is 4.72 Å². The van der Waals surface area contributed by atoms with E-state index in [0.717, 1.165) is 22.8 Å². The standard InChI is InChI=1S/C22H22ClFN4O4S2/c1-27(9-7-25)21(29)14-3-5-18(16(24)10-14)28-8-6-17(22(28)30)26-34(31,32)20-11-13-2-4-15(23)12-19(13)33-20/h2-5,10-12,17,26H,6-9,25H2,1H3/t17-/m0/s1. The Hall–Kier alpha value is -2.57. The predicted octanol–water partition coefficient (Wildman–Crippen LogP) is 2.81. The van der Waals surface area contributed by atoms with E-state index in [0.29, 0.717) is 16.3 Å². The summed E-state index contributed by atoms with van der Waals surface area (Å²) in [4.78, 5) is 27.8. The number of amides is 2. The lowest BCUT2D eigenvalue weighted by Crippen LogP contribution is -2.41. The minimum Gasteiger partial charge on any atom is -0.340 e. The van der Waals surface area contributed by atoms with Crippen molar-refractivity contribution in [1.82, 2.24) is 9.62 Å². The van der Waals surface area contributed by atoms with Crippen molar-refractivity contribution in [3.05, 3.63) is 58.9 Å². The normalized spacial score (nSPS) is 16.4. The molecule has 1 aliphatic heterocycles. The van der Waals surface area contributed by atoms with Gasteiger partial charge in [-0.15, -0.1) is 11.3 Å². The van der Waals surface area contributed by atoms with Gasteiger partial charge in [0.2, 0.25) is 5.91 Å². The Morgan fingerprint density at radius 2 is 2.06 bits per heavy atom. The van der Waals surface area contributed by atoms with Crippen molar-refractivity contribution in [3.63, 3.8) is 0 Å². The molecule has 8 nitrogen and oxygen atoms in total. The van der Waals surface area contributed by atoms with Gasteiger partial charge in [-0.3, -0.25) is 9.59 Å². The summed E-state index contributed by atoms with van der Waals surface area (Å²) in [5, 5.41) is 1.22. The Morgan fingerprint density at radius 3 is 2.76 bits per heavy atom. The molecule has 2 amide bonds. The number of hydrogen-bond acceptors (Lipinski definition) is 6. The maximum Gasteiger partial charge on any atom is 0.253 e. The summed E-state index contributed by atoms with van der Waals surface area (Å²) in [5.74, 6) is -1.70. The number of benzene rings is 2. The molecule has 34 heavy (non-hydrogen) atoms. The van der Waals surface area contributed by atoms with E-state index in [-0.39, 0.29) is 40.9 Å². The van der Waals surface area contributed by atoms with Crippen LogP contribution in [0.2, 0.25) is 5.02 Å². The lowest BCUT2D eigenvalue weighted by atomic mass is 10.1. The van der Waals surface area contributed by atoms with Crippen molar-refractivity contribution in [1.29, 1.82) is 0 Å². The molecular weight excluding hydrogens is 503 g/mol. The quantitative estimate of drug-likeness (QED) is 0.493. The molecule has 0 bridgehead atoms. The largest absolute Gasteiger partial charge is 0.340 e. The van der Waals surface area contributed by atoms with Crippen molar-refractivity contribution in [2.24, 2.45) is 5.73 Å². The zero-order valence-electron chi connectivity index (χ0n) is 18.1. The molecule has 2 aromatic carbocycles. The van der Waals surface area contributed by atoms with E-state index in [1.165, 1.54) is 28.0 Å². The van der Waals surface area contributed by atoms with Gasteiger partial charge in [-0.1, -0.05) is 17.7 Å². The van der Waals surface area contributed by atoms with Gasteiger partial charge in [0.15, 0.2) is 0 Å². The number of carbonyl (C=O) groups is 2. The lowest BCUT2D eigenvalue weighted by Gasteiger charge is -2.20. The van der Waals surface area contributed by atoms with E-state index in [4.69, 9.17) is 17.3 Å². The fourth-order valence-electron chi connectivity index (χ4n) is 3.76. The van der Waals surface area contributed by atoms with Crippen molar-refractivity contribution in [2.45, 2.75) is 16.7 Å². The molecule has 1 aliphatic rings. The highest BCUT2D eigenvalue weighted by atomic mass is 35.5. The van der Waals surface area contributed by atoms with Crippen LogP contribution in [0, 0.1) is 5.82 Å². The second-order valence-electron chi connectivity index (χ2n) is 7.88. The van der Waals surface area contributed by atoms with E-state index < -0.39 is 27.8 Å². The van der Waals surface area contributed by atoms with E-state index in [9.17, 15) is 22.4 Å². The molecule has 1 aromatic heterocycles. The van der Waals surface area contributed by atoms with Gasteiger partial charge in [0.25, 0.3) is 15.9 Å². The van der Waals surface area contributed by atoms with E-state index in [2.05, 4.69) is 4.72 Å². The molecule has 0 aliphatic carbocycles. The van der Waals surface area contributed by atoms with Gasteiger partial charge in [0.1, 0.15) is 16.1 Å². The molecule has 0 spiro atoms. The number of anilines is 1. The second kappa shape index (κ2) is 9.59. The molecule has 1 fully saturated rings. The van der Waals surface area contributed by atoms with Crippen LogP contribution in [0.3, 0.4) is 0 Å². The number of fused-ring (bicyclic) bond motifs is 1. The first kappa shape index (κ1) is 24.6. The average Bonchev–Trinajstić information content (AvgIpc) is 3.37. The minimum atomic E-state index is -3.98. The van der Waals surface area contributed by atoms with E-state index in [1.54, 1.807) is 25.2 Å². The first-order valence-corrected chi connectivity index (χ1v) is 13.1. The van der Waals surface area contributed by atoms with Gasteiger partial charge in [0.05, 0.1) is 5.69 Å². The molecule has 0 saturated carbocycles. The number of sulfonamides is 1. The number of hydrogen-bond donors (Lipinski definition) is 2. The first-order chi connectivity index (χ1) is 16.1. The third-order valence-electron chi connectivity index (χ3n) is 5.52. The van der Waals surface area contributed by atoms with Crippen LogP contribution in [-0.4, -0.2) is 57.9 Å². The van der Waals surface area contributed by atoms with Crippen LogP contribution in [0.25, 0.3) is 10.1 Å². The molecule has 0 radical (unpaired) electrons. The van der Waals surface area contributed by atoms with Crippen molar-refractivity contribution < 1.29 is 22.4 Å². The van der Waals surface area contributed by atoms with E-state index in [1.807, 2.05) is 0 Å². The summed E-state index contributed by atoms with van der Waals surface area (Å²) in [5.41, 5.74) is 5.57. The van der Waals surface area contributed by atoms with Gasteiger partial charge >= 0.3 is 0 Å². The molecule has 0 unspecified atom stereocenters. The maximum atomic E-state index is 14.8. The Morgan fingerprint density at radius 1 is 1.29 bits per heavy atom. The zero-order valence-corrected chi connectivity index (χ0v) is 20.5. The fourth-order valence-corrected chi connectivity index (χ4v) is 6.68. The van der Waals surface area contributed by atoms with Crippen LogP contribution in [0.5, 0.6) is 0 Å². The summed E-state index contributed by atoms with van der Waals surface area (Å²) >= 11 is 7.03. The SMILES string of the molecule is CN(CCN)C(=O)c1ccc(N2CC[C@H](NS(=O)(=O)c3cc4ccc(Cl)cc4s3)C2=O)c(F)c1. The van der Waals surface area contributed by atoms with Crippen LogP contribution in [0.1, 0.15) is 16.8 Å². The highest BCUT2D eigenvalue weighted by Crippen LogP contribution is 2.32. The van der Waals surface area contributed by atoms with Crippen LogP contribution in [0.15, 0.2) is 46.7 Å². The number of nitrogens with zero attached hydrogens (tertiary/aromatic N) is 2. The molecule has 1 saturated heterocycles. The molecule has 4 rings (SSSR count). The Balaban J connectivity index is 1.50. The zero-order chi connectivity index (χ0) is 24.6. The number of halogens is 2. The number of thiophene rings is 1. The second-order valence-corrected chi connectivity index (χ2v) is 11.3. The monoisotopic (exact) mass is 524 g/mol. The average molecular weight is 525 g/mol. The van der Waals surface area contributed by atoms with Crippen LogP contribution >= 0.6 is 22.9 Å². The molecule has 3 N–H and O–H groups in total. The molecule has 12 heteroatoms. The number of likely N-dealkylation sites (N-methyl/N-ethyl adjacent to an activating group) is 1. The first-order valence-electron chi connectivity index (χ1n) is 10.4. The lowest BCUT2D eigenvalue weighted by molar-refractivity contribution is -0.118. The predicted molar refractivity (Wildman–Crippen MR) is 130 cm³/mol. The Labute approximate surface area is 205 Å². The summed E-state index contributed by atoms with van der Waals surface area (Å²) in [7, 11) is -2.41. The highest BCUT2D eigenvalue weighted by Gasteiger charge is 2.37. The summed E-state index contributed by atoms with van der Waals surface area (Å²) in [6.45, 7) is 0.727. The number of nitrogens with one attached hydrogen (secondary N) is 1. The van der Waals surface area contributed by atoms with E-state index >= 15 is 0 Å². The summed E-state index contributed by atoms with van der Waals surface area (Å²) in [6, 6.07) is 9.40. The molecule has 1 atom stereocenters. The molecule has 2 heterocycles. The number of carbonyl (C=O) groups excluding carboxylic acids is 2. The van der Waals surface area contributed by atoms with Gasteiger partial charge in [0, 0.05) is 42.0 Å². The minimum absolute atomic E-state index is 0.0128. The Bertz CT molecular complexity index is 1380. The smallest absolute Gasteiger partial charge is 0.253 e. The Kier molecular flexibility index (Phi) is 6.92. The van der Waals surface area contributed by atoms with Crippen LogP contribution in [0.4, 0.5) is 10.1 Å². The molecule has 3 aromatic rings. The van der Waals surface area contributed by atoms with Crippen molar-refractivity contribution in [2.75, 3.05) is 31.6 Å². The third-order valence-corrected chi connectivity index (χ3v) is 8.80. The highest BCUT2D eigenvalue weighted by molar-refractivity contribution is 7.91. The van der Waals surface area contributed by atoms with Gasteiger partial charge in [-0.05, 0) is 48.2 Å². The van der Waals surface area contributed by atoms with Crippen LogP contribution < -0.4 is 15.4 Å². The topological polar surface area (TPSA) is 113 Å². The summed E-state index contributed by atoms with van der Waals surface area (Å²) < 4.78 is 43.8. The summed E-state index contributed by atoms with van der Waals surface area (Å²) in [6.07, 6.45) is 0.175. The number of rotatable bonds is 7. The molecule has 180 valence electrons. The van der Waals surface area contributed by atoms with Gasteiger partial charge < -0.3 is 15.5 Å². The third kappa shape index (κ3) is 4.80. The number of nitrogens with two attached hydrogens (primary N) is 1. The maximum absolute atomic E-state index is 14.8. The van der Waals surface area contributed by atoms with Gasteiger partial charge in [-0.25, -0.2) is 12.8 Å². The fraction of sp³-hybridized carbons (Fsp3) is 0.273. The van der Waals surface area contributed by atoms with Crippen LogP contribution in [-0.2, 0) is 14.8 Å².